The van der Waals surface area contributed by atoms with E-state index >= 15 is 0 Å². The highest BCUT2D eigenvalue weighted by Crippen LogP contribution is 2.27. The average molecular weight is 302 g/mol. The van der Waals surface area contributed by atoms with Crippen LogP contribution in [0.25, 0.3) is 0 Å². The van der Waals surface area contributed by atoms with Crippen LogP contribution in [0.15, 0.2) is 23.1 Å². The Morgan fingerprint density at radius 2 is 1.95 bits per heavy atom. The smallest absolute Gasteiger partial charge is 0.246 e. The Morgan fingerprint density at radius 3 is 2.45 bits per heavy atom. The highest BCUT2D eigenvalue weighted by atomic mass is 32.2. The number of hydrogen-bond acceptors (Lipinski definition) is 3. The van der Waals surface area contributed by atoms with Crippen molar-refractivity contribution < 1.29 is 12.8 Å². The Labute approximate surface area is 121 Å². The lowest BCUT2D eigenvalue weighted by molar-refractivity contribution is 0.256. The number of rotatable bonds is 6. The fraction of sp³-hybridized carbons (Fsp3) is 0.571. The van der Waals surface area contributed by atoms with E-state index in [1.807, 2.05) is 20.8 Å². The third-order valence-corrected chi connectivity index (χ3v) is 5.82. The summed E-state index contributed by atoms with van der Waals surface area (Å²) in [4.78, 5) is -0.269. The van der Waals surface area contributed by atoms with Crippen molar-refractivity contribution in [3.8, 4) is 0 Å². The van der Waals surface area contributed by atoms with Gasteiger partial charge in [-0.25, -0.2) is 12.8 Å². The van der Waals surface area contributed by atoms with E-state index in [4.69, 9.17) is 0 Å². The van der Waals surface area contributed by atoms with Gasteiger partial charge in [0.2, 0.25) is 10.0 Å². The molecule has 20 heavy (non-hydrogen) atoms. The molecule has 1 aromatic carbocycles. The first-order valence-electron chi connectivity index (χ1n) is 6.59. The third kappa shape index (κ3) is 3.37. The molecular weight excluding hydrogens is 279 g/mol. The Balaban J connectivity index is 3.31. The second-order valence-electron chi connectivity index (χ2n) is 5.43. The molecule has 0 radical (unpaired) electrons. The van der Waals surface area contributed by atoms with Gasteiger partial charge in [-0.1, -0.05) is 13.0 Å². The molecule has 0 spiro atoms. The molecule has 0 amide bonds. The summed E-state index contributed by atoms with van der Waals surface area (Å²) < 4.78 is 40.3. The van der Waals surface area contributed by atoms with Gasteiger partial charge in [-0.05, 0) is 45.0 Å². The van der Waals surface area contributed by atoms with E-state index in [0.29, 0.717) is 13.0 Å². The SMILES string of the molecule is CCC(C)(C)N(C)S(=O)(=O)c1cc(CNC)ccc1F. The van der Waals surface area contributed by atoms with Crippen molar-refractivity contribution >= 4 is 10.0 Å². The summed E-state index contributed by atoms with van der Waals surface area (Å²) in [5.74, 6) is -0.719. The first kappa shape index (κ1) is 17.1. The molecule has 1 N–H and O–H groups in total. The molecule has 0 aliphatic carbocycles. The second-order valence-corrected chi connectivity index (χ2v) is 7.37. The Morgan fingerprint density at radius 1 is 1.35 bits per heavy atom. The topological polar surface area (TPSA) is 49.4 Å². The molecule has 0 fully saturated rings. The van der Waals surface area contributed by atoms with E-state index in [1.165, 1.54) is 23.5 Å². The molecule has 1 rings (SSSR count). The summed E-state index contributed by atoms with van der Waals surface area (Å²) in [6, 6.07) is 4.17. The molecule has 0 aromatic heterocycles. The van der Waals surface area contributed by atoms with Crippen LogP contribution in [0.3, 0.4) is 0 Å². The number of hydrogen-bond donors (Lipinski definition) is 1. The number of nitrogens with one attached hydrogen (secondary N) is 1. The van der Waals surface area contributed by atoms with Crippen LogP contribution < -0.4 is 5.32 Å². The van der Waals surface area contributed by atoms with Crippen LogP contribution in [0.1, 0.15) is 32.8 Å². The molecule has 0 saturated heterocycles. The summed E-state index contributed by atoms with van der Waals surface area (Å²) in [6.07, 6.45) is 0.639. The maximum Gasteiger partial charge on any atom is 0.246 e. The summed E-state index contributed by atoms with van der Waals surface area (Å²) in [6.45, 7) is 6.03. The van der Waals surface area contributed by atoms with Crippen molar-refractivity contribution in [1.82, 2.24) is 9.62 Å². The van der Waals surface area contributed by atoms with E-state index in [1.54, 1.807) is 13.1 Å². The van der Waals surface area contributed by atoms with Crippen LogP contribution in [0.4, 0.5) is 4.39 Å². The van der Waals surface area contributed by atoms with E-state index in [0.717, 1.165) is 5.56 Å². The fourth-order valence-corrected chi connectivity index (χ4v) is 3.44. The molecule has 0 saturated carbocycles. The van der Waals surface area contributed by atoms with Crippen LogP contribution in [0, 0.1) is 5.82 Å². The van der Waals surface area contributed by atoms with Gasteiger partial charge in [0.25, 0.3) is 0 Å². The Kier molecular flexibility index (Phi) is 5.29. The van der Waals surface area contributed by atoms with E-state index < -0.39 is 21.4 Å². The van der Waals surface area contributed by atoms with Gasteiger partial charge in [0.1, 0.15) is 10.7 Å². The predicted octanol–water partition coefficient (Wildman–Crippen LogP) is 2.35. The standard InChI is InChI=1S/C14H23FN2O2S/c1-6-14(2,3)17(5)20(18,19)13-9-11(10-16-4)7-8-12(13)15/h7-9,16H,6,10H2,1-5H3. The number of halogens is 1. The van der Waals surface area contributed by atoms with Crippen LogP contribution >= 0.6 is 0 Å². The molecule has 0 aliphatic rings. The number of sulfonamides is 1. The van der Waals surface area contributed by atoms with Gasteiger partial charge in [-0.2, -0.15) is 4.31 Å². The average Bonchev–Trinajstić information content (AvgIpc) is 2.40. The fourth-order valence-electron chi connectivity index (χ4n) is 1.76. The van der Waals surface area contributed by atoms with Crippen molar-refractivity contribution in [2.24, 2.45) is 0 Å². The molecular formula is C14H23FN2O2S. The highest BCUT2D eigenvalue weighted by Gasteiger charge is 2.34. The quantitative estimate of drug-likeness (QED) is 0.877. The molecule has 1 aromatic rings. The number of benzene rings is 1. The largest absolute Gasteiger partial charge is 0.316 e. The molecule has 0 heterocycles. The van der Waals surface area contributed by atoms with Gasteiger partial charge in [0.15, 0.2) is 0 Å². The minimum absolute atomic E-state index is 0.269. The van der Waals surface area contributed by atoms with Gasteiger partial charge < -0.3 is 5.32 Å². The van der Waals surface area contributed by atoms with Gasteiger partial charge in [0, 0.05) is 19.1 Å². The van der Waals surface area contributed by atoms with E-state index in [2.05, 4.69) is 5.32 Å². The molecule has 0 unspecified atom stereocenters. The first-order chi connectivity index (χ1) is 9.16. The van der Waals surface area contributed by atoms with Crippen LogP contribution in [-0.4, -0.2) is 32.4 Å². The molecule has 114 valence electrons. The third-order valence-electron chi connectivity index (χ3n) is 3.73. The molecule has 0 bridgehead atoms. The van der Waals surface area contributed by atoms with Crippen LogP contribution in [-0.2, 0) is 16.6 Å². The zero-order chi connectivity index (χ0) is 15.6. The van der Waals surface area contributed by atoms with Gasteiger partial charge in [-0.3, -0.25) is 0 Å². The normalized spacial score (nSPS) is 12.9. The first-order valence-corrected chi connectivity index (χ1v) is 8.03. The molecule has 0 aliphatic heterocycles. The van der Waals surface area contributed by atoms with Gasteiger partial charge in [0.05, 0.1) is 0 Å². The highest BCUT2D eigenvalue weighted by molar-refractivity contribution is 7.89. The summed E-state index contributed by atoms with van der Waals surface area (Å²) in [7, 11) is -0.607. The van der Waals surface area contributed by atoms with Gasteiger partial charge in [-0.15, -0.1) is 0 Å². The van der Waals surface area contributed by atoms with Crippen LogP contribution in [0.2, 0.25) is 0 Å². The van der Waals surface area contributed by atoms with E-state index in [9.17, 15) is 12.8 Å². The van der Waals surface area contributed by atoms with Crippen molar-refractivity contribution in [3.05, 3.63) is 29.6 Å². The Bertz CT molecular complexity index is 571. The zero-order valence-electron chi connectivity index (χ0n) is 12.7. The number of nitrogens with zero attached hydrogens (tertiary/aromatic N) is 1. The van der Waals surface area contributed by atoms with Crippen molar-refractivity contribution in [1.29, 1.82) is 0 Å². The van der Waals surface area contributed by atoms with Crippen molar-refractivity contribution in [2.75, 3.05) is 14.1 Å². The zero-order valence-corrected chi connectivity index (χ0v) is 13.5. The second kappa shape index (κ2) is 6.20. The van der Waals surface area contributed by atoms with Crippen molar-refractivity contribution in [2.45, 2.75) is 44.2 Å². The summed E-state index contributed by atoms with van der Waals surface area (Å²) in [5, 5.41) is 2.92. The monoisotopic (exact) mass is 302 g/mol. The lowest BCUT2D eigenvalue weighted by Gasteiger charge is -2.33. The molecule has 4 nitrogen and oxygen atoms in total. The minimum atomic E-state index is -3.85. The molecule has 6 heteroatoms. The summed E-state index contributed by atoms with van der Waals surface area (Å²) >= 11 is 0. The van der Waals surface area contributed by atoms with Crippen molar-refractivity contribution in [3.63, 3.8) is 0 Å². The maximum absolute atomic E-state index is 13.9. The Hall–Kier alpha value is -0.980. The maximum atomic E-state index is 13.9. The lowest BCUT2D eigenvalue weighted by atomic mass is 10.0. The van der Waals surface area contributed by atoms with Gasteiger partial charge >= 0.3 is 0 Å². The van der Waals surface area contributed by atoms with Crippen LogP contribution in [0.5, 0.6) is 0 Å². The minimum Gasteiger partial charge on any atom is -0.316 e. The molecule has 0 atom stereocenters. The summed E-state index contributed by atoms with van der Waals surface area (Å²) in [5.41, 5.74) is 0.166. The predicted molar refractivity (Wildman–Crippen MR) is 78.5 cm³/mol. The van der Waals surface area contributed by atoms with E-state index in [-0.39, 0.29) is 4.90 Å². The lowest BCUT2D eigenvalue weighted by Crippen LogP contribution is -2.44.